The smallest absolute Gasteiger partial charge is 0.339 e. The molecule has 2 N–H and O–H groups in total. The van der Waals surface area contributed by atoms with Gasteiger partial charge in [-0.1, -0.05) is 93.1 Å². The fourth-order valence-electron chi connectivity index (χ4n) is 7.08. The van der Waals surface area contributed by atoms with Gasteiger partial charge in [-0.2, -0.15) is 0 Å². The highest BCUT2D eigenvalue weighted by Gasteiger charge is 2.33. The summed E-state index contributed by atoms with van der Waals surface area (Å²) < 4.78 is 12.1. The van der Waals surface area contributed by atoms with Crippen LogP contribution < -0.4 is 10.6 Å². The number of amides is 2. The van der Waals surface area contributed by atoms with Gasteiger partial charge >= 0.3 is 11.9 Å². The predicted octanol–water partition coefficient (Wildman–Crippen LogP) is 7.61. The molecule has 2 saturated carbocycles. The Hall–Kier alpha value is -4.46. The highest BCUT2D eigenvalue weighted by atomic mass is 16.6. The van der Waals surface area contributed by atoms with E-state index in [2.05, 4.69) is 10.6 Å². The van der Waals surface area contributed by atoms with Crippen LogP contribution in [-0.2, 0) is 19.1 Å². The molecule has 2 aliphatic rings. The van der Waals surface area contributed by atoms with Crippen molar-refractivity contribution in [3.05, 3.63) is 105 Å². The third-order valence-electron chi connectivity index (χ3n) is 9.72. The van der Waals surface area contributed by atoms with E-state index in [1.807, 2.05) is 64.1 Å². The number of carbonyl (C=O) groups excluding carboxylic acids is 4. The number of aryl methyl sites for hydroxylation is 4. The van der Waals surface area contributed by atoms with Gasteiger partial charge in [0, 0.05) is 23.2 Å². The van der Waals surface area contributed by atoms with Crippen molar-refractivity contribution in [1.29, 1.82) is 0 Å². The van der Waals surface area contributed by atoms with Gasteiger partial charge in [0.1, 0.15) is 0 Å². The van der Waals surface area contributed by atoms with E-state index in [-0.39, 0.29) is 12.1 Å². The molecule has 8 heteroatoms. The first-order chi connectivity index (χ1) is 23.1. The highest BCUT2D eigenvalue weighted by Crippen LogP contribution is 2.30. The van der Waals surface area contributed by atoms with Gasteiger partial charge in [-0.3, -0.25) is 9.59 Å². The average molecular weight is 653 g/mol. The molecule has 2 amide bonds. The fraction of sp³-hybridized carbons (Fsp3) is 0.450. The van der Waals surface area contributed by atoms with Crippen molar-refractivity contribution in [2.75, 3.05) is 0 Å². The van der Waals surface area contributed by atoms with Crippen LogP contribution in [0.3, 0.4) is 0 Å². The van der Waals surface area contributed by atoms with Gasteiger partial charge < -0.3 is 20.1 Å². The fourth-order valence-corrected chi connectivity index (χ4v) is 7.08. The number of benzene rings is 3. The number of esters is 2. The Morgan fingerprint density at radius 2 is 0.875 bits per heavy atom. The van der Waals surface area contributed by atoms with Crippen LogP contribution in [0.5, 0.6) is 0 Å². The normalized spacial score (nSPS) is 16.8. The van der Waals surface area contributed by atoms with Gasteiger partial charge in [-0.25, -0.2) is 9.59 Å². The maximum absolute atomic E-state index is 13.9. The van der Waals surface area contributed by atoms with E-state index < -0.39 is 36.0 Å². The minimum Gasteiger partial charge on any atom is -0.444 e. The zero-order valence-electron chi connectivity index (χ0n) is 28.6. The van der Waals surface area contributed by atoms with Gasteiger partial charge in [0.2, 0.25) is 12.2 Å². The van der Waals surface area contributed by atoms with E-state index in [9.17, 15) is 19.2 Å². The molecule has 254 valence electrons. The Labute approximate surface area is 284 Å². The molecule has 3 aromatic carbocycles. The number of ether oxygens (including phenoxy) is 2. The number of hydrogen-bond acceptors (Lipinski definition) is 6. The first-order valence-corrected chi connectivity index (χ1v) is 17.4. The van der Waals surface area contributed by atoms with Crippen LogP contribution in [0.2, 0.25) is 0 Å². The van der Waals surface area contributed by atoms with Crippen molar-refractivity contribution in [2.45, 2.75) is 116 Å². The van der Waals surface area contributed by atoms with Crippen LogP contribution in [0.25, 0.3) is 0 Å². The minimum atomic E-state index is -1.28. The van der Waals surface area contributed by atoms with E-state index >= 15 is 0 Å². The molecule has 2 aliphatic carbocycles. The monoisotopic (exact) mass is 652 g/mol. The molecule has 2 unspecified atom stereocenters. The minimum absolute atomic E-state index is 0.0110. The third-order valence-corrected chi connectivity index (χ3v) is 9.72. The Kier molecular flexibility index (Phi) is 11.7. The molecule has 0 radical (unpaired) electrons. The molecule has 3 aromatic rings. The molecule has 8 nitrogen and oxygen atoms in total. The first-order valence-electron chi connectivity index (χ1n) is 17.4. The second kappa shape index (κ2) is 16.1. The standard InChI is InChI=1S/C40H48N2O6/c1-25-14-11-15-26(2)33(25)39(45)47-35(37(43)41-31-20-7-5-8-21-31)29-18-13-19-30(24-29)36(38(44)42-32-22-9-6-10-23-32)48-40(46)34-27(3)16-12-17-28(34)4/h11-19,24,31-32,35-36H,5-10,20-23H2,1-4H3,(H,41,43)(H,42,44). The van der Waals surface area contributed by atoms with Crippen molar-refractivity contribution < 1.29 is 28.7 Å². The van der Waals surface area contributed by atoms with Gasteiger partial charge in [0.15, 0.2) is 0 Å². The van der Waals surface area contributed by atoms with Gasteiger partial charge in [-0.15, -0.1) is 0 Å². The van der Waals surface area contributed by atoms with Crippen molar-refractivity contribution in [3.63, 3.8) is 0 Å². The summed E-state index contributed by atoms with van der Waals surface area (Å²) in [5, 5.41) is 6.23. The molecule has 0 saturated heterocycles. The molecule has 0 heterocycles. The summed E-state index contributed by atoms with van der Waals surface area (Å²) in [6, 6.07) is 17.8. The van der Waals surface area contributed by atoms with Gasteiger partial charge in [0.05, 0.1) is 11.1 Å². The Morgan fingerprint density at radius 3 is 1.23 bits per heavy atom. The second-order valence-electron chi connectivity index (χ2n) is 13.5. The van der Waals surface area contributed by atoms with E-state index in [1.54, 1.807) is 24.3 Å². The maximum atomic E-state index is 13.9. The molecule has 2 fully saturated rings. The van der Waals surface area contributed by atoms with E-state index in [1.165, 1.54) is 0 Å². The molecule has 5 rings (SSSR count). The van der Waals surface area contributed by atoms with Gasteiger partial charge in [0.25, 0.3) is 11.8 Å². The molecule has 0 spiro atoms. The summed E-state index contributed by atoms with van der Waals surface area (Å²) in [7, 11) is 0. The van der Waals surface area contributed by atoms with Crippen molar-refractivity contribution >= 4 is 23.8 Å². The van der Waals surface area contributed by atoms with Gasteiger partial charge in [-0.05, 0) is 81.7 Å². The lowest BCUT2D eigenvalue weighted by molar-refractivity contribution is -0.131. The summed E-state index contributed by atoms with van der Waals surface area (Å²) in [4.78, 5) is 55.1. The van der Waals surface area contributed by atoms with Crippen molar-refractivity contribution in [3.8, 4) is 0 Å². The van der Waals surface area contributed by atoms with Crippen molar-refractivity contribution in [2.24, 2.45) is 0 Å². The quantitative estimate of drug-likeness (QED) is 0.218. The second-order valence-corrected chi connectivity index (χ2v) is 13.5. The summed E-state index contributed by atoms with van der Waals surface area (Å²) >= 11 is 0. The molecule has 48 heavy (non-hydrogen) atoms. The Morgan fingerprint density at radius 1 is 0.542 bits per heavy atom. The van der Waals surface area contributed by atoms with E-state index in [0.29, 0.717) is 22.3 Å². The molecule has 0 aliphatic heterocycles. The maximum Gasteiger partial charge on any atom is 0.339 e. The van der Waals surface area contributed by atoms with Crippen molar-refractivity contribution in [1.82, 2.24) is 10.6 Å². The number of hydrogen-bond donors (Lipinski definition) is 2. The topological polar surface area (TPSA) is 111 Å². The SMILES string of the molecule is Cc1cccc(C)c1C(=O)OC(C(=O)NC1CCCCC1)c1cccc(C(OC(=O)c2c(C)cccc2C)C(=O)NC2CCCCC2)c1. The molecular weight excluding hydrogens is 604 g/mol. The molecule has 0 aromatic heterocycles. The zero-order valence-corrected chi connectivity index (χ0v) is 28.6. The highest BCUT2D eigenvalue weighted by molar-refractivity contribution is 5.96. The summed E-state index contributed by atoms with van der Waals surface area (Å²) in [5.41, 5.74) is 4.60. The van der Waals surface area contributed by atoms with Crippen LogP contribution in [-0.4, -0.2) is 35.8 Å². The molecule has 2 atom stereocenters. The number of rotatable bonds is 10. The lowest BCUT2D eigenvalue weighted by Crippen LogP contribution is -2.41. The third kappa shape index (κ3) is 8.52. The molecule has 0 bridgehead atoms. The largest absolute Gasteiger partial charge is 0.444 e. The summed E-state index contributed by atoms with van der Waals surface area (Å²) in [6.45, 7) is 7.34. The molecular formula is C40H48N2O6. The average Bonchev–Trinajstić information content (AvgIpc) is 3.07. The van der Waals surface area contributed by atoms with E-state index in [4.69, 9.17) is 9.47 Å². The predicted molar refractivity (Wildman–Crippen MR) is 185 cm³/mol. The van der Waals surface area contributed by atoms with Crippen LogP contribution in [0.1, 0.15) is 131 Å². The summed E-state index contributed by atoms with van der Waals surface area (Å²) in [6.07, 6.45) is 7.24. The Balaban J connectivity index is 1.49. The first kappa shape index (κ1) is 34.9. The lowest BCUT2D eigenvalue weighted by Gasteiger charge is -2.27. The van der Waals surface area contributed by atoms with Crippen LogP contribution in [0, 0.1) is 27.7 Å². The lowest BCUT2D eigenvalue weighted by atomic mass is 9.94. The van der Waals surface area contributed by atoms with Crippen LogP contribution in [0.15, 0.2) is 60.7 Å². The summed E-state index contributed by atoms with van der Waals surface area (Å²) in [5.74, 6) is -2.05. The number of carbonyl (C=O) groups is 4. The van der Waals surface area contributed by atoms with Crippen LogP contribution >= 0.6 is 0 Å². The van der Waals surface area contributed by atoms with Crippen LogP contribution in [0.4, 0.5) is 0 Å². The number of nitrogens with one attached hydrogen (secondary N) is 2. The Bertz CT molecular complexity index is 1480. The zero-order chi connectivity index (χ0) is 34.2. The van der Waals surface area contributed by atoms with E-state index in [0.717, 1.165) is 86.5 Å².